The van der Waals surface area contributed by atoms with E-state index in [-0.39, 0.29) is 5.91 Å². The molecule has 0 bridgehead atoms. The minimum Gasteiger partial charge on any atom is -0.345 e. The van der Waals surface area contributed by atoms with Crippen LogP contribution >= 0.6 is 0 Å². The van der Waals surface area contributed by atoms with Gasteiger partial charge in [0, 0.05) is 44.8 Å². The van der Waals surface area contributed by atoms with E-state index in [0.29, 0.717) is 17.8 Å². The third-order valence-corrected chi connectivity index (χ3v) is 5.22. The second-order valence-corrected chi connectivity index (χ2v) is 11.6. The average Bonchev–Trinajstić information content (AvgIpc) is 3.52. The Morgan fingerprint density at radius 3 is 1.21 bits per heavy atom. The van der Waals surface area contributed by atoms with Gasteiger partial charge in [-0.3, -0.25) is 14.5 Å². The highest BCUT2D eigenvalue weighted by Gasteiger charge is 2.07. The molecule has 1 aromatic carbocycles. The molecule has 2 aromatic heterocycles. The molecule has 0 fully saturated rings. The molecular weight excluding hydrogens is 589 g/mol. The van der Waals surface area contributed by atoms with Crippen LogP contribution in [-0.4, -0.2) is 39.7 Å². The Morgan fingerprint density at radius 1 is 0.625 bits per heavy atom. The molecular formula is C43H84N4O. The third-order valence-electron chi connectivity index (χ3n) is 5.22. The van der Waals surface area contributed by atoms with Crippen molar-refractivity contribution in [3.05, 3.63) is 82.9 Å². The van der Waals surface area contributed by atoms with Gasteiger partial charge in [-0.2, -0.15) is 5.10 Å². The summed E-state index contributed by atoms with van der Waals surface area (Å²) in [5, 5.41) is 4.05. The summed E-state index contributed by atoms with van der Waals surface area (Å²) >= 11 is 0. The van der Waals surface area contributed by atoms with Gasteiger partial charge in [0.1, 0.15) is 0 Å². The molecule has 0 atom stereocenters. The normalized spacial score (nSPS) is 8.69. The Bertz CT molecular complexity index is 997. The smallest absolute Gasteiger partial charge is 0.253 e. The standard InChI is InChI=1S/C12H17NO.C9H13N.C7H12N2.3C3H8.3C2H6/c1-9(2)10-5-7-11(8-6-10)12(14)13(3)4;1-7(2)9-5-4-8(3)10-6-9;1-6(2)7-4-8-9(3)5-7;3*1-3-2;3*1-2/h5-9H,1-4H3;4-7H,1-3H3;4-6H,1-3H3;3*3H2,1-2H3;3*1-2H3. The zero-order valence-electron chi connectivity index (χ0n) is 36.2. The van der Waals surface area contributed by atoms with Crippen molar-refractivity contribution in [2.24, 2.45) is 7.05 Å². The summed E-state index contributed by atoms with van der Waals surface area (Å²) in [4.78, 5) is 17.3. The molecule has 0 aliphatic rings. The maximum absolute atomic E-state index is 11.6. The minimum absolute atomic E-state index is 0.0558. The van der Waals surface area contributed by atoms with E-state index in [1.807, 2.05) is 103 Å². The number of pyridine rings is 1. The summed E-state index contributed by atoms with van der Waals surface area (Å²) in [6, 6.07) is 12.0. The Labute approximate surface area is 302 Å². The second-order valence-electron chi connectivity index (χ2n) is 11.6. The van der Waals surface area contributed by atoms with Gasteiger partial charge in [-0.05, 0) is 59.6 Å². The fraction of sp³-hybridized carbons (Fsp3) is 0.651. The number of rotatable bonds is 4. The molecule has 3 rings (SSSR count). The van der Waals surface area contributed by atoms with E-state index < -0.39 is 0 Å². The van der Waals surface area contributed by atoms with Crippen molar-refractivity contribution in [2.75, 3.05) is 14.1 Å². The van der Waals surface area contributed by atoms with Gasteiger partial charge in [-0.15, -0.1) is 0 Å². The lowest BCUT2D eigenvalue weighted by Crippen LogP contribution is -2.21. The first-order valence-electron chi connectivity index (χ1n) is 18.9. The van der Waals surface area contributed by atoms with E-state index in [9.17, 15) is 4.79 Å². The zero-order chi connectivity index (χ0) is 39.3. The number of benzene rings is 1. The molecule has 1 amide bonds. The number of hydrogen-bond acceptors (Lipinski definition) is 3. The molecule has 0 radical (unpaired) electrons. The number of aromatic nitrogens is 3. The fourth-order valence-electron chi connectivity index (χ4n) is 2.83. The lowest BCUT2D eigenvalue weighted by molar-refractivity contribution is 0.0827. The molecule has 5 heteroatoms. The van der Waals surface area contributed by atoms with Gasteiger partial charge >= 0.3 is 0 Å². The first-order chi connectivity index (χ1) is 22.7. The van der Waals surface area contributed by atoms with E-state index >= 15 is 0 Å². The van der Waals surface area contributed by atoms with Crippen LogP contribution in [0, 0.1) is 6.92 Å². The highest BCUT2D eigenvalue weighted by molar-refractivity contribution is 5.93. The molecule has 0 saturated carbocycles. The molecule has 2 heterocycles. The first-order valence-corrected chi connectivity index (χ1v) is 18.9. The van der Waals surface area contributed by atoms with Crippen LogP contribution < -0.4 is 0 Å². The zero-order valence-corrected chi connectivity index (χ0v) is 36.2. The summed E-state index contributed by atoms with van der Waals surface area (Å²) in [5.74, 6) is 1.76. The van der Waals surface area contributed by atoms with Gasteiger partial charge in [0.05, 0.1) is 6.20 Å². The number of carbonyl (C=O) groups is 1. The van der Waals surface area contributed by atoms with Gasteiger partial charge < -0.3 is 4.90 Å². The molecule has 282 valence electrons. The number of hydrogen-bond donors (Lipinski definition) is 0. The predicted octanol–water partition coefficient (Wildman–Crippen LogP) is 13.9. The van der Waals surface area contributed by atoms with Gasteiger partial charge in [0.25, 0.3) is 5.91 Å². The maximum atomic E-state index is 11.6. The van der Waals surface area contributed by atoms with Crippen molar-refractivity contribution in [2.45, 2.75) is 169 Å². The number of nitrogens with zero attached hydrogens (tertiary/aromatic N) is 4. The van der Waals surface area contributed by atoms with Gasteiger partial charge in [-0.25, -0.2) is 0 Å². The largest absolute Gasteiger partial charge is 0.345 e. The van der Waals surface area contributed by atoms with Crippen LogP contribution in [0.25, 0.3) is 0 Å². The van der Waals surface area contributed by atoms with Crippen molar-refractivity contribution in [3.8, 4) is 0 Å². The molecule has 0 aliphatic heterocycles. The topological polar surface area (TPSA) is 51.0 Å². The summed E-state index contributed by atoms with van der Waals surface area (Å²) in [6.45, 7) is 39.7. The quantitative estimate of drug-likeness (QED) is 0.277. The summed E-state index contributed by atoms with van der Waals surface area (Å²) < 4.78 is 1.83. The van der Waals surface area contributed by atoms with Crippen LogP contribution in [0.1, 0.15) is 194 Å². The molecule has 3 aromatic rings. The average molecular weight is 673 g/mol. The van der Waals surface area contributed by atoms with E-state index in [4.69, 9.17) is 0 Å². The Kier molecular flexibility index (Phi) is 50.2. The third kappa shape index (κ3) is 35.9. The highest BCUT2D eigenvalue weighted by Crippen LogP contribution is 2.15. The van der Waals surface area contributed by atoms with Crippen LogP contribution in [0.15, 0.2) is 55.0 Å². The van der Waals surface area contributed by atoms with Gasteiger partial charge in [0.2, 0.25) is 0 Å². The van der Waals surface area contributed by atoms with Crippen LogP contribution in [0.2, 0.25) is 0 Å². The summed E-state index contributed by atoms with van der Waals surface area (Å²) in [7, 11) is 5.46. The van der Waals surface area contributed by atoms with Crippen molar-refractivity contribution in [1.82, 2.24) is 19.7 Å². The van der Waals surface area contributed by atoms with Crippen molar-refractivity contribution in [3.63, 3.8) is 0 Å². The van der Waals surface area contributed by atoms with Crippen LogP contribution in [0.5, 0.6) is 0 Å². The van der Waals surface area contributed by atoms with E-state index in [1.54, 1.807) is 19.0 Å². The Morgan fingerprint density at radius 2 is 0.979 bits per heavy atom. The number of amides is 1. The molecule has 0 unspecified atom stereocenters. The van der Waals surface area contributed by atoms with Crippen molar-refractivity contribution < 1.29 is 4.79 Å². The SMILES string of the molecule is CC.CC.CC.CC(C)c1ccc(C(=O)N(C)C)cc1.CC(C)c1cnn(C)c1.CCC.CCC.CCC.Cc1ccc(C(C)C)cn1. The molecule has 0 aliphatic carbocycles. The molecule has 0 N–H and O–H groups in total. The van der Waals surface area contributed by atoms with Crippen LogP contribution in [0.4, 0.5) is 0 Å². The minimum atomic E-state index is 0.0558. The molecule has 5 nitrogen and oxygen atoms in total. The Balaban J connectivity index is -0.000000116. The fourth-order valence-corrected chi connectivity index (χ4v) is 2.83. The monoisotopic (exact) mass is 673 g/mol. The first kappa shape index (κ1) is 57.3. The lowest BCUT2D eigenvalue weighted by Gasteiger charge is -2.11. The summed E-state index contributed by atoms with van der Waals surface area (Å²) in [6.07, 6.45) is 9.65. The Hall–Kier alpha value is -2.95. The predicted molar refractivity (Wildman–Crippen MR) is 221 cm³/mol. The van der Waals surface area contributed by atoms with E-state index in [2.05, 4.69) is 105 Å². The number of aryl methyl sites for hydroxylation is 2. The van der Waals surface area contributed by atoms with Crippen LogP contribution in [0.3, 0.4) is 0 Å². The van der Waals surface area contributed by atoms with Crippen LogP contribution in [-0.2, 0) is 7.05 Å². The van der Waals surface area contributed by atoms with Crippen molar-refractivity contribution >= 4 is 5.91 Å². The molecule has 0 spiro atoms. The van der Waals surface area contributed by atoms with Gasteiger partial charge in [-0.1, -0.05) is 162 Å². The molecule has 0 saturated heterocycles. The van der Waals surface area contributed by atoms with Gasteiger partial charge in [0.15, 0.2) is 0 Å². The molecule has 48 heavy (non-hydrogen) atoms. The van der Waals surface area contributed by atoms with E-state index in [1.165, 1.54) is 36.0 Å². The summed E-state index contributed by atoms with van der Waals surface area (Å²) in [5.41, 5.74) is 5.72. The second kappa shape index (κ2) is 42.1. The highest BCUT2D eigenvalue weighted by atomic mass is 16.2. The lowest BCUT2D eigenvalue weighted by atomic mass is 10.0. The van der Waals surface area contributed by atoms with E-state index in [0.717, 1.165) is 11.3 Å². The van der Waals surface area contributed by atoms with Crippen molar-refractivity contribution in [1.29, 1.82) is 0 Å². The maximum Gasteiger partial charge on any atom is 0.253 e. The number of carbonyl (C=O) groups excluding carboxylic acids is 1.